The maximum Gasteiger partial charge on any atom is 0.434 e. The molecule has 29 heavy (non-hydrogen) atoms. The van der Waals surface area contributed by atoms with Gasteiger partial charge in [-0.2, -0.15) is 23.5 Å². The van der Waals surface area contributed by atoms with Gasteiger partial charge < -0.3 is 0 Å². The van der Waals surface area contributed by atoms with Gasteiger partial charge in [0.15, 0.2) is 10.8 Å². The van der Waals surface area contributed by atoms with Gasteiger partial charge >= 0.3 is 6.18 Å². The Morgan fingerprint density at radius 3 is 2.76 bits per heavy atom. The van der Waals surface area contributed by atoms with E-state index >= 15 is 0 Å². The van der Waals surface area contributed by atoms with E-state index in [-0.39, 0.29) is 10.9 Å². The number of nitrogens with one attached hydrogen (secondary N) is 1. The molecule has 0 spiro atoms. The van der Waals surface area contributed by atoms with Crippen LogP contribution in [-0.4, -0.2) is 26.4 Å². The zero-order chi connectivity index (χ0) is 21.2. The van der Waals surface area contributed by atoms with E-state index in [1.807, 2.05) is 6.07 Å². The summed E-state index contributed by atoms with van der Waals surface area (Å²) in [6, 6.07) is 6.77. The lowest BCUT2D eigenvalue weighted by atomic mass is 10.2. The number of benzene rings is 1. The van der Waals surface area contributed by atoms with Crippen LogP contribution >= 0.6 is 23.1 Å². The number of hydrogen-bond acceptors (Lipinski definition) is 6. The number of nitrogens with zero attached hydrogens (tertiary/aromatic N) is 4. The van der Waals surface area contributed by atoms with Crippen molar-refractivity contribution in [3.63, 3.8) is 0 Å². The third kappa shape index (κ3) is 4.41. The van der Waals surface area contributed by atoms with Gasteiger partial charge in [-0.3, -0.25) is 10.1 Å². The number of alkyl halides is 3. The van der Waals surface area contributed by atoms with Crippen LogP contribution in [-0.2, 0) is 6.18 Å². The summed E-state index contributed by atoms with van der Waals surface area (Å²) in [4.78, 5) is 16.6. The molecule has 0 saturated carbocycles. The fourth-order valence-corrected chi connectivity index (χ4v) is 4.22. The van der Waals surface area contributed by atoms with Crippen LogP contribution in [0.5, 0.6) is 0 Å². The number of para-hydroxylation sites is 1. The van der Waals surface area contributed by atoms with Crippen molar-refractivity contribution in [3.8, 4) is 11.8 Å². The van der Waals surface area contributed by atoms with Gasteiger partial charge in [-0.05, 0) is 19.1 Å². The molecule has 1 N–H and O–H groups in total. The monoisotopic (exact) mass is 441 g/mol. The third-order valence-corrected chi connectivity index (χ3v) is 5.91. The maximum atomic E-state index is 14.0. The highest BCUT2D eigenvalue weighted by atomic mass is 32.2. The third-order valence-electron chi connectivity index (χ3n) is 3.61. The van der Waals surface area contributed by atoms with Gasteiger partial charge in [0.25, 0.3) is 5.91 Å². The summed E-state index contributed by atoms with van der Waals surface area (Å²) in [5, 5.41) is 14.6. The minimum absolute atomic E-state index is 0.0831. The second kappa shape index (κ2) is 8.22. The average molecular weight is 441 g/mol. The number of thioether (sulfide) groups is 1. The molecule has 150 valence electrons. The number of carbonyl (C=O) groups excluding carboxylic acids is 1. The van der Waals surface area contributed by atoms with Crippen molar-refractivity contribution in [3.05, 3.63) is 53.2 Å². The van der Waals surface area contributed by atoms with Gasteiger partial charge in [0.05, 0.1) is 33.5 Å². The Balaban J connectivity index is 1.96. The predicted octanol–water partition coefficient (Wildman–Crippen LogP) is 4.66. The summed E-state index contributed by atoms with van der Waals surface area (Å²) in [7, 11) is 0. The highest BCUT2D eigenvalue weighted by Gasteiger charge is 2.41. The Morgan fingerprint density at radius 1 is 1.38 bits per heavy atom. The van der Waals surface area contributed by atoms with E-state index in [0.29, 0.717) is 14.6 Å². The molecule has 0 aliphatic carbocycles. The maximum absolute atomic E-state index is 14.0. The van der Waals surface area contributed by atoms with Gasteiger partial charge in [0.2, 0.25) is 0 Å². The lowest BCUT2D eigenvalue weighted by Crippen LogP contribution is -2.21. The average Bonchev–Trinajstić information content (AvgIpc) is 3.24. The molecule has 2 heterocycles. The standard InChI is InChI=1S/C17H11F4N5OS2/c1-9-15(28-7-6-22)29-16(24-9)25-14(27)10-8-23-26(13(10)17(19,20)21)12-5-3-2-4-11(12)18/h2-5,8H,7H2,1H3,(H,24,25,27). The minimum atomic E-state index is -4.96. The zero-order valence-electron chi connectivity index (χ0n) is 14.6. The summed E-state index contributed by atoms with van der Waals surface area (Å²) in [6.07, 6.45) is -4.23. The number of thiazole rings is 1. The molecule has 2 aromatic heterocycles. The Hall–Kier alpha value is -2.91. The van der Waals surface area contributed by atoms with Crippen molar-refractivity contribution in [1.82, 2.24) is 14.8 Å². The van der Waals surface area contributed by atoms with Gasteiger partial charge in [-0.25, -0.2) is 14.1 Å². The number of aromatic nitrogens is 3. The van der Waals surface area contributed by atoms with E-state index < -0.39 is 34.8 Å². The van der Waals surface area contributed by atoms with Gasteiger partial charge in [0, 0.05) is 0 Å². The molecule has 0 saturated heterocycles. The van der Waals surface area contributed by atoms with Crippen LogP contribution in [0.4, 0.5) is 22.7 Å². The van der Waals surface area contributed by atoms with E-state index in [1.165, 1.54) is 23.9 Å². The van der Waals surface area contributed by atoms with Crippen LogP contribution in [0.15, 0.2) is 34.7 Å². The molecule has 6 nitrogen and oxygen atoms in total. The summed E-state index contributed by atoms with van der Waals surface area (Å²) in [5.74, 6) is -1.82. The van der Waals surface area contributed by atoms with Crippen LogP contribution in [0.25, 0.3) is 5.69 Å². The van der Waals surface area contributed by atoms with Gasteiger partial charge in [0.1, 0.15) is 11.5 Å². The first-order chi connectivity index (χ1) is 13.7. The van der Waals surface area contributed by atoms with E-state index in [2.05, 4.69) is 15.4 Å². The number of nitriles is 1. The van der Waals surface area contributed by atoms with Crippen LogP contribution < -0.4 is 5.32 Å². The summed E-state index contributed by atoms with van der Waals surface area (Å²) >= 11 is 2.25. The Labute approximate surface area is 170 Å². The first-order valence-electron chi connectivity index (χ1n) is 7.91. The fourth-order valence-electron chi connectivity index (χ4n) is 2.43. The minimum Gasteiger partial charge on any atom is -0.298 e. The first kappa shape index (κ1) is 20.8. The lowest BCUT2D eigenvalue weighted by molar-refractivity contribution is -0.143. The molecule has 1 amide bonds. The Morgan fingerprint density at radius 2 is 2.10 bits per heavy atom. The number of hydrogen-bond donors (Lipinski definition) is 1. The Bertz CT molecular complexity index is 1100. The largest absolute Gasteiger partial charge is 0.434 e. The number of amides is 1. The molecule has 3 rings (SSSR count). The van der Waals surface area contributed by atoms with Crippen molar-refractivity contribution >= 4 is 34.1 Å². The van der Waals surface area contributed by atoms with Crippen LogP contribution in [0.2, 0.25) is 0 Å². The Kier molecular flexibility index (Phi) is 5.90. The first-order valence-corrected chi connectivity index (χ1v) is 9.71. The molecular weight excluding hydrogens is 430 g/mol. The second-order valence-electron chi connectivity index (χ2n) is 5.56. The molecule has 0 unspecified atom stereocenters. The topological polar surface area (TPSA) is 83.6 Å². The van der Waals surface area contributed by atoms with Crippen LogP contribution in [0.3, 0.4) is 0 Å². The second-order valence-corrected chi connectivity index (χ2v) is 7.80. The molecule has 0 fully saturated rings. The quantitative estimate of drug-likeness (QED) is 0.460. The molecule has 0 aliphatic rings. The number of carbonyl (C=O) groups is 1. The van der Waals surface area contributed by atoms with Crippen molar-refractivity contribution < 1.29 is 22.4 Å². The molecule has 3 aromatic rings. The summed E-state index contributed by atoms with van der Waals surface area (Å²) < 4.78 is 56.0. The van der Waals surface area contributed by atoms with Crippen LogP contribution in [0, 0.1) is 24.1 Å². The summed E-state index contributed by atoms with van der Waals surface area (Å²) in [5.41, 5.74) is -2.05. The van der Waals surface area contributed by atoms with Gasteiger partial charge in [-0.15, -0.1) is 0 Å². The van der Waals surface area contributed by atoms with E-state index in [9.17, 15) is 22.4 Å². The molecule has 0 bridgehead atoms. The fraction of sp³-hybridized carbons (Fsp3) is 0.176. The van der Waals surface area contributed by atoms with Gasteiger partial charge in [-0.1, -0.05) is 35.2 Å². The van der Waals surface area contributed by atoms with E-state index in [1.54, 1.807) is 6.92 Å². The zero-order valence-corrected chi connectivity index (χ0v) is 16.3. The highest BCUT2D eigenvalue weighted by Crippen LogP contribution is 2.35. The highest BCUT2D eigenvalue weighted by molar-refractivity contribution is 8.01. The molecule has 0 atom stereocenters. The molecule has 0 radical (unpaired) electrons. The normalized spacial score (nSPS) is 11.3. The number of anilines is 1. The number of aryl methyl sites for hydroxylation is 1. The molecule has 0 aliphatic heterocycles. The molecular formula is C17H11F4N5OS2. The summed E-state index contributed by atoms with van der Waals surface area (Å²) in [6.45, 7) is 1.66. The van der Waals surface area contributed by atoms with Crippen molar-refractivity contribution in [2.75, 3.05) is 11.1 Å². The van der Waals surface area contributed by atoms with Crippen LogP contribution in [0.1, 0.15) is 21.7 Å². The van der Waals surface area contributed by atoms with E-state index in [0.717, 1.165) is 29.7 Å². The number of rotatable bonds is 5. The molecule has 1 aromatic carbocycles. The van der Waals surface area contributed by atoms with Crippen molar-refractivity contribution in [2.24, 2.45) is 0 Å². The van der Waals surface area contributed by atoms with Crippen molar-refractivity contribution in [1.29, 1.82) is 5.26 Å². The lowest BCUT2D eigenvalue weighted by Gasteiger charge is -2.13. The SMILES string of the molecule is Cc1nc(NC(=O)c2cnn(-c3ccccc3F)c2C(F)(F)F)sc1SCC#N. The predicted molar refractivity (Wildman–Crippen MR) is 99.7 cm³/mol. The van der Waals surface area contributed by atoms with Crippen molar-refractivity contribution in [2.45, 2.75) is 17.3 Å². The smallest absolute Gasteiger partial charge is 0.298 e. The van der Waals surface area contributed by atoms with E-state index in [4.69, 9.17) is 5.26 Å². The number of halogens is 4. The molecule has 12 heteroatoms.